The van der Waals surface area contributed by atoms with Gasteiger partial charge in [0.1, 0.15) is 11.4 Å². The Labute approximate surface area is 129 Å². The van der Waals surface area contributed by atoms with E-state index in [0.29, 0.717) is 10.6 Å². The first-order valence-electron chi connectivity index (χ1n) is 5.46. The minimum atomic E-state index is -1.54. The molecule has 0 bridgehead atoms. The molecule has 0 aromatic heterocycles. The summed E-state index contributed by atoms with van der Waals surface area (Å²) in [6.45, 7) is 1.49. The van der Waals surface area contributed by atoms with Crippen LogP contribution in [0.15, 0.2) is 40.9 Å². The third-order valence-corrected chi connectivity index (χ3v) is 3.95. The van der Waals surface area contributed by atoms with Crippen molar-refractivity contribution in [1.29, 1.82) is 0 Å². The lowest BCUT2D eigenvalue weighted by molar-refractivity contribution is 0.0980. The summed E-state index contributed by atoms with van der Waals surface area (Å²) < 4.78 is 14.7. The maximum absolute atomic E-state index is 13.9. The molecule has 1 nitrogen and oxygen atoms in total. The number of aliphatic hydroxyl groups is 1. The third-order valence-electron chi connectivity index (χ3n) is 2.91. The summed E-state index contributed by atoms with van der Waals surface area (Å²) in [6.07, 6.45) is 0. The lowest BCUT2D eigenvalue weighted by Gasteiger charge is -2.26. The van der Waals surface area contributed by atoms with E-state index in [1.165, 1.54) is 19.1 Å². The van der Waals surface area contributed by atoms with Crippen molar-refractivity contribution in [2.75, 3.05) is 0 Å². The highest BCUT2D eigenvalue weighted by molar-refractivity contribution is 9.10. The Balaban J connectivity index is 2.58. The molecule has 0 aliphatic carbocycles. The Hall–Kier alpha value is -0.610. The molecule has 2 aromatic rings. The molecule has 0 heterocycles. The van der Waals surface area contributed by atoms with Crippen LogP contribution in [0.25, 0.3) is 0 Å². The van der Waals surface area contributed by atoms with Gasteiger partial charge >= 0.3 is 0 Å². The number of halogens is 4. The molecule has 100 valence electrons. The molecule has 2 aromatic carbocycles. The normalized spacial score (nSPS) is 14.2. The standard InChI is InChI=1S/C14H10BrCl2FO/c1-14(19,10-4-2-8(15)6-12(10)17)11-5-3-9(16)7-13(11)18/h2-7,19H,1H3. The van der Waals surface area contributed by atoms with Crippen molar-refractivity contribution in [3.05, 3.63) is 67.9 Å². The lowest BCUT2D eigenvalue weighted by atomic mass is 9.88. The van der Waals surface area contributed by atoms with Crippen LogP contribution >= 0.6 is 39.1 Å². The average Bonchev–Trinajstić information content (AvgIpc) is 2.27. The van der Waals surface area contributed by atoms with Crippen LogP contribution in [0.4, 0.5) is 4.39 Å². The van der Waals surface area contributed by atoms with Crippen molar-refractivity contribution >= 4 is 39.1 Å². The van der Waals surface area contributed by atoms with Crippen LogP contribution in [0, 0.1) is 5.82 Å². The summed E-state index contributed by atoms with van der Waals surface area (Å²) in [6, 6.07) is 9.19. The summed E-state index contributed by atoms with van der Waals surface area (Å²) in [5.41, 5.74) is -0.980. The van der Waals surface area contributed by atoms with Crippen molar-refractivity contribution < 1.29 is 9.50 Å². The Morgan fingerprint density at radius 2 is 1.74 bits per heavy atom. The monoisotopic (exact) mass is 362 g/mol. The highest BCUT2D eigenvalue weighted by Crippen LogP contribution is 2.36. The summed E-state index contributed by atoms with van der Waals surface area (Å²) in [5, 5.41) is 11.2. The molecule has 1 N–H and O–H groups in total. The van der Waals surface area contributed by atoms with Crippen LogP contribution in [0.2, 0.25) is 10.0 Å². The van der Waals surface area contributed by atoms with Crippen LogP contribution in [0.1, 0.15) is 18.1 Å². The van der Waals surface area contributed by atoms with Gasteiger partial charge in [-0.15, -0.1) is 0 Å². The zero-order valence-corrected chi connectivity index (χ0v) is 13.0. The van der Waals surface area contributed by atoms with Crippen LogP contribution in [0.3, 0.4) is 0 Å². The molecule has 19 heavy (non-hydrogen) atoms. The molecule has 0 fully saturated rings. The molecule has 1 unspecified atom stereocenters. The maximum Gasteiger partial charge on any atom is 0.131 e. The van der Waals surface area contributed by atoms with Gasteiger partial charge in [-0.05, 0) is 31.2 Å². The van der Waals surface area contributed by atoms with Crippen molar-refractivity contribution in [1.82, 2.24) is 0 Å². The van der Waals surface area contributed by atoms with Gasteiger partial charge in [0, 0.05) is 25.6 Å². The molecule has 2 rings (SSSR count). The topological polar surface area (TPSA) is 20.2 Å². The molecule has 0 saturated heterocycles. The molecular formula is C14H10BrCl2FO. The summed E-state index contributed by atoms with van der Waals surface area (Å²) >= 11 is 15.1. The number of hydrogen-bond acceptors (Lipinski definition) is 1. The van der Waals surface area contributed by atoms with Crippen LogP contribution in [-0.4, -0.2) is 5.11 Å². The second-order valence-electron chi connectivity index (χ2n) is 4.32. The fourth-order valence-corrected chi connectivity index (χ4v) is 2.93. The van der Waals surface area contributed by atoms with Gasteiger partial charge in [-0.25, -0.2) is 4.39 Å². The zero-order valence-electron chi connectivity index (χ0n) is 9.92. The van der Waals surface area contributed by atoms with E-state index in [1.54, 1.807) is 18.2 Å². The fraction of sp³-hybridized carbons (Fsp3) is 0.143. The van der Waals surface area contributed by atoms with Crippen LogP contribution in [-0.2, 0) is 5.60 Å². The minimum absolute atomic E-state index is 0.126. The van der Waals surface area contributed by atoms with Crippen LogP contribution in [0.5, 0.6) is 0 Å². The van der Waals surface area contributed by atoms with E-state index >= 15 is 0 Å². The first-order valence-corrected chi connectivity index (χ1v) is 7.00. The van der Waals surface area contributed by atoms with E-state index in [-0.39, 0.29) is 10.6 Å². The van der Waals surface area contributed by atoms with E-state index in [0.717, 1.165) is 10.5 Å². The Morgan fingerprint density at radius 3 is 2.32 bits per heavy atom. The average molecular weight is 364 g/mol. The van der Waals surface area contributed by atoms with E-state index in [9.17, 15) is 9.50 Å². The summed E-state index contributed by atoms with van der Waals surface area (Å²) in [7, 11) is 0. The third kappa shape index (κ3) is 2.95. The van der Waals surface area contributed by atoms with Gasteiger partial charge in [-0.1, -0.05) is 51.3 Å². The van der Waals surface area contributed by atoms with Gasteiger partial charge in [-0.2, -0.15) is 0 Å². The smallest absolute Gasteiger partial charge is 0.131 e. The predicted molar refractivity (Wildman–Crippen MR) is 79.2 cm³/mol. The van der Waals surface area contributed by atoms with E-state index < -0.39 is 11.4 Å². The molecular weight excluding hydrogens is 354 g/mol. The molecule has 0 aliphatic heterocycles. The van der Waals surface area contributed by atoms with Crippen molar-refractivity contribution in [2.24, 2.45) is 0 Å². The number of hydrogen-bond donors (Lipinski definition) is 1. The summed E-state index contributed by atoms with van der Waals surface area (Å²) in [5.74, 6) is -0.573. The molecule has 0 saturated carbocycles. The van der Waals surface area contributed by atoms with Crippen molar-refractivity contribution in [3.8, 4) is 0 Å². The molecule has 5 heteroatoms. The first kappa shape index (κ1) is 14.8. The van der Waals surface area contributed by atoms with E-state index in [1.807, 2.05) is 0 Å². The van der Waals surface area contributed by atoms with Gasteiger partial charge in [0.25, 0.3) is 0 Å². The maximum atomic E-state index is 13.9. The van der Waals surface area contributed by atoms with Crippen molar-refractivity contribution in [2.45, 2.75) is 12.5 Å². The van der Waals surface area contributed by atoms with E-state index in [4.69, 9.17) is 23.2 Å². The zero-order chi connectivity index (χ0) is 14.2. The Kier molecular flexibility index (Phi) is 4.21. The fourth-order valence-electron chi connectivity index (χ4n) is 1.91. The second kappa shape index (κ2) is 5.41. The van der Waals surface area contributed by atoms with Gasteiger partial charge < -0.3 is 5.11 Å². The Morgan fingerprint density at radius 1 is 1.11 bits per heavy atom. The second-order valence-corrected chi connectivity index (χ2v) is 6.08. The lowest BCUT2D eigenvalue weighted by Crippen LogP contribution is -2.24. The molecule has 0 amide bonds. The SMILES string of the molecule is CC(O)(c1ccc(Cl)cc1F)c1ccc(Br)cc1Cl. The molecule has 0 aliphatic rings. The van der Waals surface area contributed by atoms with Gasteiger partial charge in [0.15, 0.2) is 0 Å². The molecule has 0 radical (unpaired) electrons. The minimum Gasteiger partial charge on any atom is -0.381 e. The van der Waals surface area contributed by atoms with Gasteiger partial charge in [0.2, 0.25) is 0 Å². The Bertz CT molecular complexity index is 575. The highest BCUT2D eigenvalue weighted by Gasteiger charge is 2.30. The van der Waals surface area contributed by atoms with Gasteiger partial charge in [0.05, 0.1) is 0 Å². The number of benzene rings is 2. The van der Waals surface area contributed by atoms with Crippen molar-refractivity contribution in [3.63, 3.8) is 0 Å². The van der Waals surface area contributed by atoms with E-state index in [2.05, 4.69) is 15.9 Å². The quantitative estimate of drug-likeness (QED) is 0.782. The first-order chi connectivity index (χ1) is 8.82. The van der Waals surface area contributed by atoms with Gasteiger partial charge in [-0.3, -0.25) is 0 Å². The predicted octanol–water partition coefficient (Wildman–Crippen LogP) is 5.15. The largest absolute Gasteiger partial charge is 0.381 e. The highest BCUT2D eigenvalue weighted by atomic mass is 79.9. The molecule has 1 atom stereocenters. The van der Waals surface area contributed by atoms with Crippen LogP contribution < -0.4 is 0 Å². The molecule has 0 spiro atoms. The number of rotatable bonds is 2. The summed E-state index contributed by atoms with van der Waals surface area (Å²) in [4.78, 5) is 0.